The van der Waals surface area contributed by atoms with Crippen molar-refractivity contribution in [3.8, 4) is 5.75 Å². The Balaban J connectivity index is 1.34. The standard InChI is InChI=1S/C22H23N3O2/c1-16-7-9-18(10-8-16)24-22(26)25-14-11-19(12-15-25)27-20-6-2-4-17-5-3-13-23-21(17)20/h2-10,13,19H,11-12,14-15H2,1H3,(H,24,26). The molecule has 5 nitrogen and oxygen atoms in total. The summed E-state index contributed by atoms with van der Waals surface area (Å²) in [6.45, 7) is 3.39. The maximum absolute atomic E-state index is 12.5. The number of benzene rings is 2. The largest absolute Gasteiger partial charge is 0.488 e. The monoisotopic (exact) mass is 361 g/mol. The first-order chi connectivity index (χ1) is 13.2. The number of pyridine rings is 1. The summed E-state index contributed by atoms with van der Waals surface area (Å²) in [5.74, 6) is 0.815. The van der Waals surface area contributed by atoms with E-state index in [-0.39, 0.29) is 12.1 Å². The molecule has 4 rings (SSSR count). The van der Waals surface area contributed by atoms with E-state index < -0.39 is 0 Å². The average Bonchev–Trinajstić information content (AvgIpc) is 2.70. The lowest BCUT2D eigenvalue weighted by Gasteiger charge is -2.32. The van der Waals surface area contributed by atoms with E-state index in [1.54, 1.807) is 6.20 Å². The van der Waals surface area contributed by atoms with Crippen molar-refractivity contribution in [3.63, 3.8) is 0 Å². The number of hydrogen-bond donors (Lipinski definition) is 1. The second-order valence-corrected chi connectivity index (χ2v) is 6.93. The third-order valence-corrected chi connectivity index (χ3v) is 4.92. The number of nitrogens with zero attached hydrogens (tertiary/aromatic N) is 2. The molecule has 1 aliphatic heterocycles. The number of amides is 2. The van der Waals surface area contributed by atoms with Crippen molar-refractivity contribution in [3.05, 3.63) is 66.4 Å². The molecule has 1 aromatic heterocycles. The topological polar surface area (TPSA) is 54.5 Å². The number of aromatic nitrogens is 1. The zero-order valence-electron chi connectivity index (χ0n) is 15.4. The molecule has 0 aliphatic carbocycles. The summed E-state index contributed by atoms with van der Waals surface area (Å²) in [5.41, 5.74) is 2.89. The SMILES string of the molecule is Cc1ccc(NC(=O)N2CCC(Oc3cccc4cccnc34)CC2)cc1. The first-order valence-corrected chi connectivity index (χ1v) is 9.32. The number of fused-ring (bicyclic) bond motifs is 1. The summed E-state index contributed by atoms with van der Waals surface area (Å²) in [6.07, 6.45) is 3.50. The lowest BCUT2D eigenvalue weighted by atomic mass is 10.1. The maximum atomic E-state index is 12.5. The molecule has 2 heterocycles. The summed E-state index contributed by atoms with van der Waals surface area (Å²) in [5, 5.41) is 4.04. The lowest BCUT2D eigenvalue weighted by molar-refractivity contribution is 0.116. The molecular weight excluding hydrogens is 338 g/mol. The minimum absolute atomic E-state index is 0.0517. The lowest BCUT2D eigenvalue weighted by Crippen LogP contribution is -2.43. The van der Waals surface area contributed by atoms with Crippen molar-refractivity contribution in [2.24, 2.45) is 0 Å². The molecule has 0 atom stereocenters. The summed E-state index contributed by atoms with van der Waals surface area (Å²) in [6, 6.07) is 17.7. The Morgan fingerprint density at radius 2 is 1.81 bits per heavy atom. The average molecular weight is 361 g/mol. The smallest absolute Gasteiger partial charge is 0.321 e. The summed E-state index contributed by atoms with van der Waals surface area (Å²) < 4.78 is 6.21. The fourth-order valence-corrected chi connectivity index (χ4v) is 3.37. The fraction of sp³-hybridized carbons (Fsp3) is 0.273. The van der Waals surface area contributed by atoms with Gasteiger partial charge in [-0.2, -0.15) is 0 Å². The van der Waals surface area contributed by atoms with Gasteiger partial charge in [0.1, 0.15) is 17.4 Å². The van der Waals surface area contributed by atoms with Crippen molar-refractivity contribution in [2.75, 3.05) is 18.4 Å². The van der Waals surface area contributed by atoms with E-state index in [0.717, 1.165) is 35.2 Å². The highest BCUT2D eigenvalue weighted by Crippen LogP contribution is 2.26. The normalized spacial score (nSPS) is 14.9. The number of nitrogens with one attached hydrogen (secondary N) is 1. The number of likely N-dealkylation sites (tertiary alicyclic amines) is 1. The molecule has 0 bridgehead atoms. The molecular formula is C22H23N3O2. The van der Waals surface area contributed by atoms with E-state index >= 15 is 0 Å². The van der Waals surface area contributed by atoms with Gasteiger partial charge in [-0.3, -0.25) is 4.98 Å². The molecule has 0 spiro atoms. The van der Waals surface area contributed by atoms with Gasteiger partial charge in [0, 0.05) is 43.2 Å². The Bertz CT molecular complexity index is 926. The predicted molar refractivity (Wildman–Crippen MR) is 107 cm³/mol. The quantitative estimate of drug-likeness (QED) is 0.741. The highest BCUT2D eigenvalue weighted by molar-refractivity contribution is 5.89. The first-order valence-electron chi connectivity index (χ1n) is 9.32. The number of ether oxygens (including phenoxy) is 1. The fourth-order valence-electron chi connectivity index (χ4n) is 3.37. The molecule has 0 saturated carbocycles. The van der Waals surface area contributed by atoms with Gasteiger partial charge in [-0.25, -0.2) is 4.79 Å². The molecule has 0 radical (unpaired) electrons. The minimum Gasteiger partial charge on any atom is -0.488 e. The number of piperidine rings is 1. The summed E-state index contributed by atoms with van der Waals surface area (Å²) >= 11 is 0. The van der Waals surface area contributed by atoms with Crippen LogP contribution in [0.5, 0.6) is 5.75 Å². The van der Waals surface area contributed by atoms with Crippen LogP contribution in [0, 0.1) is 6.92 Å². The number of anilines is 1. The van der Waals surface area contributed by atoms with Crippen molar-refractivity contribution in [1.29, 1.82) is 0 Å². The van der Waals surface area contributed by atoms with E-state index in [1.807, 2.05) is 66.4 Å². The van der Waals surface area contributed by atoms with Gasteiger partial charge in [0.05, 0.1) is 0 Å². The molecule has 5 heteroatoms. The number of hydrogen-bond acceptors (Lipinski definition) is 3. The van der Waals surface area contributed by atoms with Crippen LogP contribution in [0.3, 0.4) is 0 Å². The van der Waals surface area contributed by atoms with E-state index in [9.17, 15) is 4.79 Å². The van der Waals surface area contributed by atoms with Crippen LogP contribution in [0.15, 0.2) is 60.8 Å². The summed E-state index contributed by atoms with van der Waals surface area (Å²) in [4.78, 5) is 18.7. The second kappa shape index (κ2) is 7.66. The molecule has 1 N–H and O–H groups in total. The predicted octanol–water partition coefficient (Wildman–Crippen LogP) is 4.62. The maximum Gasteiger partial charge on any atom is 0.321 e. The van der Waals surface area contributed by atoms with Gasteiger partial charge in [-0.1, -0.05) is 35.9 Å². The Labute approximate surface area is 159 Å². The highest BCUT2D eigenvalue weighted by Gasteiger charge is 2.24. The van der Waals surface area contributed by atoms with Gasteiger partial charge in [-0.15, -0.1) is 0 Å². The van der Waals surface area contributed by atoms with Crippen LogP contribution in [0.4, 0.5) is 10.5 Å². The van der Waals surface area contributed by atoms with Gasteiger partial charge in [0.2, 0.25) is 0 Å². The Morgan fingerprint density at radius 1 is 1.07 bits per heavy atom. The van der Waals surface area contributed by atoms with Crippen LogP contribution < -0.4 is 10.1 Å². The molecule has 2 aromatic carbocycles. The van der Waals surface area contributed by atoms with Gasteiger partial charge in [0.15, 0.2) is 0 Å². The zero-order valence-corrected chi connectivity index (χ0v) is 15.4. The van der Waals surface area contributed by atoms with Crippen LogP contribution in [-0.4, -0.2) is 35.1 Å². The Morgan fingerprint density at radius 3 is 2.59 bits per heavy atom. The van der Waals surface area contributed by atoms with Gasteiger partial charge in [-0.05, 0) is 31.2 Å². The molecule has 1 saturated heterocycles. The molecule has 27 heavy (non-hydrogen) atoms. The number of aryl methyl sites for hydroxylation is 1. The highest BCUT2D eigenvalue weighted by atomic mass is 16.5. The number of carbonyl (C=O) groups excluding carboxylic acids is 1. The second-order valence-electron chi connectivity index (χ2n) is 6.93. The van der Waals surface area contributed by atoms with Crippen LogP contribution in [0.25, 0.3) is 10.9 Å². The Kier molecular flexibility index (Phi) is 4.92. The van der Waals surface area contributed by atoms with Gasteiger partial charge in [0.25, 0.3) is 0 Å². The zero-order chi connectivity index (χ0) is 18.6. The van der Waals surface area contributed by atoms with Gasteiger partial charge < -0.3 is 15.0 Å². The van der Waals surface area contributed by atoms with Crippen LogP contribution in [0.1, 0.15) is 18.4 Å². The molecule has 2 amide bonds. The van der Waals surface area contributed by atoms with Crippen LogP contribution in [0.2, 0.25) is 0 Å². The number of rotatable bonds is 3. The van der Waals surface area contributed by atoms with Gasteiger partial charge >= 0.3 is 6.03 Å². The van der Waals surface area contributed by atoms with Crippen LogP contribution in [-0.2, 0) is 0 Å². The third kappa shape index (κ3) is 4.03. The van der Waals surface area contributed by atoms with Crippen molar-refractivity contribution in [1.82, 2.24) is 9.88 Å². The number of urea groups is 1. The van der Waals surface area contributed by atoms with Crippen molar-refractivity contribution in [2.45, 2.75) is 25.9 Å². The van der Waals surface area contributed by atoms with E-state index in [4.69, 9.17) is 4.74 Å². The Hall–Kier alpha value is -3.08. The van der Waals surface area contributed by atoms with Crippen LogP contribution >= 0.6 is 0 Å². The molecule has 0 unspecified atom stereocenters. The van der Waals surface area contributed by atoms with E-state index in [0.29, 0.717) is 13.1 Å². The third-order valence-electron chi connectivity index (χ3n) is 4.92. The molecule has 1 aliphatic rings. The first kappa shape index (κ1) is 17.3. The molecule has 138 valence electrons. The molecule has 3 aromatic rings. The number of carbonyl (C=O) groups is 1. The number of para-hydroxylation sites is 1. The minimum atomic E-state index is -0.0517. The van der Waals surface area contributed by atoms with E-state index in [1.165, 1.54) is 5.56 Å². The summed E-state index contributed by atoms with van der Waals surface area (Å²) in [7, 11) is 0. The van der Waals surface area contributed by atoms with Crippen molar-refractivity contribution >= 4 is 22.6 Å². The van der Waals surface area contributed by atoms with E-state index in [2.05, 4.69) is 10.3 Å². The van der Waals surface area contributed by atoms with Crippen molar-refractivity contribution < 1.29 is 9.53 Å². The molecule has 1 fully saturated rings.